The molecule has 2 aromatic carbocycles. The topological polar surface area (TPSA) is 92.8 Å². The van der Waals surface area contributed by atoms with Crippen molar-refractivity contribution < 1.29 is 19.7 Å². The summed E-state index contributed by atoms with van der Waals surface area (Å²) in [5, 5.41) is 19.8. The van der Waals surface area contributed by atoms with Crippen LogP contribution in [0, 0.1) is 0 Å². The first-order valence-corrected chi connectivity index (χ1v) is 15.7. The summed E-state index contributed by atoms with van der Waals surface area (Å²) in [4.78, 5) is 12.2. The van der Waals surface area contributed by atoms with Crippen LogP contribution in [0.2, 0.25) is 0 Å². The largest absolute Gasteiger partial charge is 0.506 e. The van der Waals surface area contributed by atoms with Gasteiger partial charge in [0.2, 0.25) is 6.29 Å². The molecule has 0 spiro atoms. The van der Waals surface area contributed by atoms with Gasteiger partial charge in [0.15, 0.2) is 5.78 Å². The Morgan fingerprint density at radius 1 is 0.800 bits per heavy atom. The van der Waals surface area contributed by atoms with Crippen LogP contribution in [0.25, 0.3) is 0 Å². The summed E-state index contributed by atoms with van der Waals surface area (Å²) >= 11 is 0. The van der Waals surface area contributed by atoms with Gasteiger partial charge in [0.05, 0.1) is 5.69 Å². The molecule has 0 aliphatic carbocycles. The number of nitrogen functional groups attached to an aromatic ring is 1. The van der Waals surface area contributed by atoms with Crippen LogP contribution in [0.3, 0.4) is 0 Å². The average Bonchev–Trinajstić information content (AvgIpc) is 2.95. The number of aryl methyl sites for hydroxylation is 1. The van der Waals surface area contributed by atoms with Crippen LogP contribution < -0.4 is 10.5 Å². The van der Waals surface area contributed by atoms with Crippen molar-refractivity contribution in [1.82, 2.24) is 0 Å². The van der Waals surface area contributed by atoms with Crippen molar-refractivity contribution in [1.29, 1.82) is 0 Å². The molecule has 0 saturated heterocycles. The second-order valence-corrected chi connectivity index (χ2v) is 11.0. The molecule has 2 aromatic rings. The van der Waals surface area contributed by atoms with Crippen molar-refractivity contribution in [2.45, 2.75) is 129 Å². The maximum Gasteiger partial charge on any atom is 0.217 e. The van der Waals surface area contributed by atoms with Crippen molar-refractivity contribution in [2.24, 2.45) is 0 Å². The quantitative estimate of drug-likeness (QED) is 0.0319. The zero-order chi connectivity index (χ0) is 28.8. The third kappa shape index (κ3) is 15.1. The van der Waals surface area contributed by atoms with Gasteiger partial charge in [-0.1, -0.05) is 121 Å². The van der Waals surface area contributed by atoms with Crippen molar-refractivity contribution in [3.8, 4) is 11.5 Å². The summed E-state index contributed by atoms with van der Waals surface area (Å²) in [5.74, 6) is 0.288. The lowest BCUT2D eigenvalue weighted by molar-refractivity contribution is 0.0246. The van der Waals surface area contributed by atoms with E-state index in [1.165, 1.54) is 127 Å². The number of aliphatic hydroxyl groups is 1. The number of carbonyl (C=O) groups is 1. The van der Waals surface area contributed by atoms with Crippen molar-refractivity contribution in [3.63, 3.8) is 0 Å². The third-order valence-corrected chi connectivity index (χ3v) is 7.46. The highest BCUT2D eigenvalue weighted by Gasteiger charge is 2.08. The molecule has 5 heteroatoms. The normalized spacial score (nSPS) is 12.2. The van der Waals surface area contributed by atoms with Crippen LogP contribution in [0.5, 0.6) is 11.5 Å². The second kappa shape index (κ2) is 21.0. The van der Waals surface area contributed by atoms with Gasteiger partial charge in [0.25, 0.3) is 0 Å². The molecule has 2 rings (SSSR count). The van der Waals surface area contributed by atoms with E-state index in [1.54, 1.807) is 12.1 Å². The summed E-state index contributed by atoms with van der Waals surface area (Å²) in [6, 6.07) is 12.3. The highest BCUT2D eigenvalue weighted by atomic mass is 16.6. The van der Waals surface area contributed by atoms with Gasteiger partial charge in [-0.05, 0) is 54.8 Å². The minimum Gasteiger partial charge on any atom is -0.506 e. The summed E-state index contributed by atoms with van der Waals surface area (Å²) in [7, 11) is 0. The van der Waals surface area contributed by atoms with Gasteiger partial charge in [0, 0.05) is 12.0 Å². The van der Waals surface area contributed by atoms with Crippen LogP contribution in [-0.4, -0.2) is 22.3 Å². The first kappa shape index (κ1) is 33.4. The molecule has 0 fully saturated rings. The molecule has 0 aromatic heterocycles. The molecule has 1 atom stereocenters. The van der Waals surface area contributed by atoms with Gasteiger partial charge < -0.3 is 20.7 Å². The molecule has 40 heavy (non-hydrogen) atoms. The predicted octanol–water partition coefficient (Wildman–Crippen LogP) is 9.30. The van der Waals surface area contributed by atoms with Gasteiger partial charge in [-0.25, -0.2) is 0 Å². The van der Waals surface area contributed by atoms with Crippen molar-refractivity contribution in [3.05, 3.63) is 65.7 Å². The fourth-order valence-electron chi connectivity index (χ4n) is 4.92. The monoisotopic (exact) mass is 551 g/mol. The smallest absolute Gasteiger partial charge is 0.217 e. The number of hydrogen-bond acceptors (Lipinski definition) is 5. The summed E-state index contributed by atoms with van der Waals surface area (Å²) in [5.41, 5.74) is 7.44. The Bertz CT molecular complexity index is 970. The average molecular weight is 552 g/mol. The minimum atomic E-state index is -1.14. The summed E-state index contributed by atoms with van der Waals surface area (Å²) in [6.45, 7) is 2.28. The number of unbranched alkanes of at least 4 members (excludes halogenated alkanes) is 15. The van der Waals surface area contributed by atoms with Gasteiger partial charge in [-0.2, -0.15) is 0 Å². The van der Waals surface area contributed by atoms with Crippen LogP contribution in [-0.2, 0) is 6.42 Å². The fourth-order valence-corrected chi connectivity index (χ4v) is 4.92. The number of ketones is 1. The van der Waals surface area contributed by atoms with E-state index < -0.39 is 6.29 Å². The number of benzene rings is 2. The molecule has 0 amide bonds. The van der Waals surface area contributed by atoms with Crippen LogP contribution in [0.4, 0.5) is 5.69 Å². The number of ether oxygens (including phenoxy) is 1. The second-order valence-electron chi connectivity index (χ2n) is 11.0. The Kier molecular flexibility index (Phi) is 17.6. The van der Waals surface area contributed by atoms with Crippen LogP contribution in [0.15, 0.2) is 54.6 Å². The molecule has 222 valence electrons. The number of allylic oxidation sites excluding steroid dienone is 1. The molecule has 0 heterocycles. The predicted molar refractivity (Wildman–Crippen MR) is 167 cm³/mol. The fraction of sp³-hybridized carbons (Fsp3) is 0.571. The zero-order valence-electron chi connectivity index (χ0n) is 24.8. The lowest BCUT2D eigenvalue weighted by atomic mass is 10.0. The van der Waals surface area contributed by atoms with Gasteiger partial charge in [0.1, 0.15) is 11.5 Å². The number of hydrogen-bond donors (Lipinski definition) is 3. The molecule has 0 radical (unpaired) electrons. The third-order valence-electron chi connectivity index (χ3n) is 7.46. The van der Waals surface area contributed by atoms with E-state index in [1.807, 2.05) is 24.3 Å². The number of rotatable bonds is 23. The molecule has 4 N–H and O–H groups in total. The number of Topliss-reactive ketones (excluding diaryl/α,β-unsaturated/α-hetero) is 1. The standard InChI is InChI=1S/C35H53NO4/c1-2-3-4-5-6-7-8-9-10-11-12-13-14-15-16-17-19-29-22-25-31(26-23-29)40-35(39)21-18-20-33(37)30-24-27-32(36)34(38)28-30/h18,21-28,35,38-39H,2-17,19-20,36H2,1H3. The van der Waals surface area contributed by atoms with Crippen molar-refractivity contribution in [2.75, 3.05) is 5.73 Å². The van der Waals surface area contributed by atoms with E-state index in [-0.39, 0.29) is 23.6 Å². The van der Waals surface area contributed by atoms with E-state index in [0.29, 0.717) is 11.3 Å². The van der Waals surface area contributed by atoms with E-state index in [9.17, 15) is 15.0 Å². The number of phenolic OH excluding ortho intramolecular Hbond substituents is 1. The minimum absolute atomic E-state index is 0.0853. The lowest BCUT2D eigenvalue weighted by Crippen LogP contribution is -2.12. The maximum absolute atomic E-state index is 12.2. The SMILES string of the molecule is CCCCCCCCCCCCCCCCCCc1ccc(OC(O)C=CCC(=O)c2ccc(N)c(O)c2)cc1. The molecule has 0 saturated carbocycles. The Morgan fingerprint density at radius 3 is 1.85 bits per heavy atom. The molecular formula is C35H53NO4. The zero-order valence-corrected chi connectivity index (χ0v) is 24.8. The number of aromatic hydroxyl groups is 1. The molecule has 0 aliphatic heterocycles. The first-order chi connectivity index (χ1) is 19.5. The van der Waals surface area contributed by atoms with Crippen LogP contribution >= 0.6 is 0 Å². The van der Waals surface area contributed by atoms with Gasteiger partial charge in [-0.3, -0.25) is 4.79 Å². The number of nitrogens with two attached hydrogens (primary N) is 1. The molecule has 1 unspecified atom stereocenters. The van der Waals surface area contributed by atoms with E-state index in [4.69, 9.17) is 10.5 Å². The van der Waals surface area contributed by atoms with Gasteiger partial charge in [-0.15, -0.1) is 0 Å². The number of aliphatic hydroxyl groups excluding tert-OH is 1. The van der Waals surface area contributed by atoms with E-state index >= 15 is 0 Å². The van der Waals surface area contributed by atoms with E-state index in [2.05, 4.69) is 6.92 Å². The molecule has 5 nitrogen and oxygen atoms in total. The van der Waals surface area contributed by atoms with E-state index in [0.717, 1.165) is 6.42 Å². The van der Waals surface area contributed by atoms with Gasteiger partial charge >= 0.3 is 0 Å². The number of carbonyl (C=O) groups excluding carboxylic acids is 1. The Hall–Kier alpha value is -2.79. The lowest BCUT2D eigenvalue weighted by Gasteiger charge is -2.10. The first-order valence-electron chi connectivity index (χ1n) is 15.7. The highest BCUT2D eigenvalue weighted by Crippen LogP contribution is 2.22. The van der Waals surface area contributed by atoms with Crippen molar-refractivity contribution >= 4 is 11.5 Å². The summed E-state index contributed by atoms with van der Waals surface area (Å²) < 4.78 is 5.53. The Balaban J connectivity index is 1.47. The molecular weight excluding hydrogens is 498 g/mol. The Morgan fingerprint density at radius 2 is 1.32 bits per heavy atom. The molecule has 0 aliphatic rings. The number of anilines is 1. The van der Waals surface area contributed by atoms with Crippen LogP contribution in [0.1, 0.15) is 132 Å². The Labute approximate surface area is 242 Å². The maximum atomic E-state index is 12.2. The summed E-state index contributed by atoms with van der Waals surface area (Å²) in [6.07, 6.45) is 25.1. The number of phenols is 1. The molecule has 0 bridgehead atoms. The highest BCUT2D eigenvalue weighted by molar-refractivity contribution is 5.97.